The molecule has 2 nitrogen and oxygen atoms in total. The molecule has 1 aliphatic carbocycles. The highest BCUT2D eigenvalue weighted by Crippen LogP contribution is 2.35. The predicted octanol–water partition coefficient (Wildman–Crippen LogP) is 9.92. The predicted molar refractivity (Wildman–Crippen MR) is 189 cm³/mol. The van der Waals surface area contributed by atoms with Gasteiger partial charge in [0.25, 0.3) is 0 Å². The quantitative estimate of drug-likeness (QED) is 0.210. The molecule has 2 atom stereocenters. The number of likely N-dealkylation sites (N-methyl/N-ethyl adjacent to an activating group) is 1. The molecule has 0 saturated carbocycles. The van der Waals surface area contributed by atoms with Gasteiger partial charge < -0.3 is 10.2 Å². The van der Waals surface area contributed by atoms with E-state index in [4.69, 9.17) is 6.42 Å². The van der Waals surface area contributed by atoms with Crippen LogP contribution >= 0.6 is 11.8 Å². The van der Waals surface area contributed by atoms with Crippen LogP contribution in [0.4, 0.5) is 5.69 Å². The second-order valence-electron chi connectivity index (χ2n) is 10.3. The minimum Gasteiger partial charge on any atom is -0.380 e. The normalized spacial score (nSPS) is 18.4. The Hall–Kier alpha value is -4.13. The van der Waals surface area contributed by atoms with Crippen LogP contribution in [-0.4, -0.2) is 18.3 Å². The smallest absolute Gasteiger partial charge is 0.0788 e. The van der Waals surface area contributed by atoms with Crippen LogP contribution < -0.4 is 10.2 Å². The Balaban J connectivity index is 1.97. The Morgan fingerprint density at radius 1 is 1.10 bits per heavy atom. The van der Waals surface area contributed by atoms with Crippen LogP contribution in [-0.2, 0) is 0 Å². The lowest BCUT2D eigenvalue weighted by Gasteiger charge is -2.34. The number of dihydropyridines is 1. The number of hydrogen-bond acceptors (Lipinski definition) is 3. The van der Waals surface area contributed by atoms with Crippen molar-refractivity contribution in [3.63, 3.8) is 0 Å². The van der Waals surface area contributed by atoms with Crippen molar-refractivity contribution in [2.24, 2.45) is 0 Å². The van der Waals surface area contributed by atoms with E-state index in [1.807, 2.05) is 57.4 Å². The van der Waals surface area contributed by atoms with Gasteiger partial charge in [0.05, 0.1) is 6.04 Å². The summed E-state index contributed by atoms with van der Waals surface area (Å²) in [5, 5.41) is 3.82. The fraction of sp³-hybridized carbons (Fsp3) is 0.231. The number of thioether (sulfide) groups is 1. The molecule has 3 heteroatoms. The van der Waals surface area contributed by atoms with Crippen molar-refractivity contribution in [3.05, 3.63) is 154 Å². The first kappa shape index (κ1) is 32.4. The third-order valence-corrected chi connectivity index (χ3v) is 8.37. The first-order valence-electron chi connectivity index (χ1n) is 14.4. The van der Waals surface area contributed by atoms with E-state index in [2.05, 4.69) is 117 Å². The SMILES string of the molecule is C#C/C(C)=C(\C=C/C)S[C@H](C)/C=C\C(=C/C)c1cc(C)cc(N(C)C2=C(C(=C)/C=C\C=C/C)C3NC=CC=C3C=C2)c1. The lowest BCUT2D eigenvalue weighted by Crippen LogP contribution is -2.35. The summed E-state index contributed by atoms with van der Waals surface area (Å²) < 4.78 is 0. The van der Waals surface area contributed by atoms with E-state index >= 15 is 0 Å². The number of allylic oxidation sites excluding steroid dienone is 13. The van der Waals surface area contributed by atoms with Gasteiger partial charge in [0.2, 0.25) is 0 Å². The molecule has 0 spiro atoms. The van der Waals surface area contributed by atoms with Crippen molar-refractivity contribution < 1.29 is 0 Å². The number of hydrogen-bond donors (Lipinski definition) is 1. The summed E-state index contributed by atoms with van der Waals surface area (Å²) in [7, 11) is 2.14. The molecular weight excluding hydrogens is 529 g/mol. The van der Waals surface area contributed by atoms with Crippen LogP contribution in [0.3, 0.4) is 0 Å². The highest BCUT2D eigenvalue weighted by molar-refractivity contribution is 8.04. The number of terminal acetylenes is 1. The Morgan fingerprint density at radius 2 is 1.88 bits per heavy atom. The zero-order valence-electron chi connectivity index (χ0n) is 26.1. The molecule has 42 heavy (non-hydrogen) atoms. The number of fused-ring (bicyclic) bond motifs is 1. The lowest BCUT2D eigenvalue weighted by molar-refractivity contribution is 0.749. The average molecular weight is 573 g/mol. The highest BCUT2D eigenvalue weighted by Gasteiger charge is 2.27. The molecule has 1 N–H and O–H groups in total. The number of rotatable bonds is 11. The fourth-order valence-electron chi connectivity index (χ4n) is 4.91. The van der Waals surface area contributed by atoms with Crippen molar-refractivity contribution in [1.82, 2.24) is 5.32 Å². The maximum Gasteiger partial charge on any atom is 0.0788 e. The van der Waals surface area contributed by atoms with Gasteiger partial charge in [0, 0.05) is 39.7 Å². The van der Waals surface area contributed by atoms with E-state index in [1.54, 1.807) is 11.8 Å². The van der Waals surface area contributed by atoms with Gasteiger partial charge in [-0.3, -0.25) is 0 Å². The van der Waals surface area contributed by atoms with Gasteiger partial charge in [-0.1, -0.05) is 85.4 Å². The minimum absolute atomic E-state index is 0.0529. The summed E-state index contributed by atoms with van der Waals surface area (Å²) in [6.07, 6.45) is 35.3. The van der Waals surface area contributed by atoms with E-state index in [9.17, 15) is 0 Å². The Bertz CT molecular complexity index is 1520. The van der Waals surface area contributed by atoms with Crippen LogP contribution in [0.2, 0.25) is 0 Å². The topological polar surface area (TPSA) is 15.3 Å². The van der Waals surface area contributed by atoms with E-state index in [-0.39, 0.29) is 11.3 Å². The molecule has 0 amide bonds. The molecule has 1 aliphatic heterocycles. The molecule has 1 heterocycles. The Morgan fingerprint density at radius 3 is 2.57 bits per heavy atom. The monoisotopic (exact) mass is 572 g/mol. The molecule has 1 aromatic carbocycles. The minimum atomic E-state index is 0.0529. The molecule has 0 saturated heterocycles. The van der Waals surface area contributed by atoms with Crippen molar-refractivity contribution in [3.8, 4) is 12.3 Å². The van der Waals surface area contributed by atoms with Gasteiger partial charge in [-0.05, 0) is 99.9 Å². The van der Waals surface area contributed by atoms with Crippen molar-refractivity contribution >= 4 is 23.0 Å². The van der Waals surface area contributed by atoms with Gasteiger partial charge in [0.1, 0.15) is 0 Å². The van der Waals surface area contributed by atoms with Crippen LogP contribution in [0.1, 0.15) is 45.7 Å². The van der Waals surface area contributed by atoms with Gasteiger partial charge in [0.15, 0.2) is 0 Å². The Labute approximate surface area is 258 Å². The van der Waals surface area contributed by atoms with Crippen LogP contribution in [0.25, 0.3) is 5.57 Å². The molecule has 0 radical (unpaired) electrons. The zero-order valence-corrected chi connectivity index (χ0v) is 26.9. The molecular formula is C39H44N2S. The van der Waals surface area contributed by atoms with Crippen molar-refractivity contribution in [1.29, 1.82) is 0 Å². The molecule has 2 aliphatic rings. The second kappa shape index (κ2) is 15.8. The maximum atomic E-state index is 5.68. The fourth-order valence-corrected chi connectivity index (χ4v) is 5.92. The second-order valence-corrected chi connectivity index (χ2v) is 11.8. The average Bonchev–Trinajstić information content (AvgIpc) is 2.99. The lowest BCUT2D eigenvalue weighted by atomic mass is 9.85. The first-order chi connectivity index (χ1) is 20.2. The van der Waals surface area contributed by atoms with E-state index in [1.165, 1.54) is 27.8 Å². The Kier molecular flexibility index (Phi) is 12.1. The molecule has 1 aromatic rings. The third kappa shape index (κ3) is 8.21. The van der Waals surface area contributed by atoms with Gasteiger partial charge in [-0.15, -0.1) is 18.2 Å². The molecule has 0 aromatic heterocycles. The van der Waals surface area contributed by atoms with Gasteiger partial charge >= 0.3 is 0 Å². The zero-order chi connectivity index (χ0) is 30.6. The van der Waals surface area contributed by atoms with Crippen LogP contribution in [0, 0.1) is 19.3 Å². The standard InChI is InChI=1S/C39H44N2S/c1-10-14-15-18-30(7)38-36(23-22-33-19-16-24-40-39(33)38)41(9)35-26-28(5)25-34(27-35)32(13-4)21-20-31(8)42-37(17-11-2)29(6)12-3/h3,10-11,13-27,31,39-40H,7H2,1-2,4-6,8-9H3/b14-10-,17-11-,18-15-,21-20-,32-13+,37-29+/t31-,39?/m1/s1. The number of anilines is 1. The summed E-state index contributed by atoms with van der Waals surface area (Å²) in [5.41, 5.74) is 10.2. The van der Waals surface area contributed by atoms with E-state index in [0.717, 1.165) is 27.4 Å². The molecule has 0 fully saturated rings. The molecule has 1 unspecified atom stereocenters. The highest BCUT2D eigenvalue weighted by atomic mass is 32.2. The first-order valence-corrected chi connectivity index (χ1v) is 15.3. The molecule has 216 valence electrons. The molecule has 0 bridgehead atoms. The largest absolute Gasteiger partial charge is 0.380 e. The number of nitrogens with zero attached hydrogens (tertiary/aromatic N) is 1. The number of aryl methyl sites for hydroxylation is 1. The van der Waals surface area contributed by atoms with Gasteiger partial charge in [-0.2, -0.15) is 0 Å². The maximum absolute atomic E-state index is 5.68. The summed E-state index contributed by atoms with van der Waals surface area (Å²) in [5.74, 6) is 2.78. The van der Waals surface area contributed by atoms with E-state index in [0.29, 0.717) is 0 Å². The molecule has 3 rings (SSSR count). The van der Waals surface area contributed by atoms with Crippen LogP contribution in [0.15, 0.2) is 143 Å². The van der Waals surface area contributed by atoms with Gasteiger partial charge in [-0.25, -0.2) is 0 Å². The summed E-state index contributed by atoms with van der Waals surface area (Å²) >= 11 is 1.78. The van der Waals surface area contributed by atoms with Crippen molar-refractivity contribution in [2.45, 2.75) is 52.8 Å². The summed E-state index contributed by atoms with van der Waals surface area (Å²) in [6, 6.07) is 6.82. The number of nitrogens with one attached hydrogen (secondary N) is 1. The number of benzene rings is 1. The van der Waals surface area contributed by atoms with Crippen molar-refractivity contribution in [2.75, 3.05) is 11.9 Å². The summed E-state index contributed by atoms with van der Waals surface area (Å²) in [4.78, 5) is 3.41. The van der Waals surface area contributed by atoms with E-state index < -0.39 is 0 Å². The van der Waals surface area contributed by atoms with Crippen LogP contribution in [0.5, 0.6) is 0 Å². The third-order valence-electron chi connectivity index (χ3n) is 7.15. The summed E-state index contributed by atoms with van der Waals surface area (Å²) in [6.45, 7) is 17.0.